The van der Waals surface area contributed by atoms with Crippen molar-refractivity contribution < 1.29 is 14.1 Å². The third-order valence-corrected chi connectivity index (χ3v) is 3.96. The number of amides is 1. The highest BCUT2D eigenvalue weighted by atomic mass is 32.2. The van der Waals surface area contributed by atoms with Crippen molar-refractivity contribution in [3.63, 3.8) is 0 Å². The molecular formula is C10H14N2O3S. The summed E-state index contributed by atoms with van der Waals surface area (Å²) in [6.45, 7) is 0.510. The molecule has 0 bridgehead atoms. The van der Waals surface area contributed by atoms with E-state index in [-0.39, 0.29) is 17.3 Å². The van der Waals surface area contributed by atoms with Crippen LogP contribution < -0.4 is 5.32 Å². The third kappa shape index (κ3) is 2.38. The normalized spacial score (nSPS) is 24.6. The molecule has 16 heavy (non-hydrogen) atoms. The van der Waals surface area contributed by atoms with Crippen LogP contribution in [0.1, 0.15) is 17.0 Å². The van der Waals surface area contributed by atoms with Crippen molar-refractivity contribution in [3.05, 3.63) is 18.0 Å². The first-order valence-electron chi connectivity index (χ1n) is 5.07. The van der Waals surface area contributed by atoms with Crippen molar-refractivity contribution in [1.29, 1.82) is 0 Å². The fourth-order valence-corrected chi connectivity index (χ4v) is 3.02. The summed E-state index contributed by atoms with van der Waals surface area (Å²) < 4.78 is 10.3. The summed E-state index contributed by atoms with van der Waals surface area (Å²) >= 11 is 1.84. The summed E-state index contributed by atoms with van der Waals surface area (Å²) in [7, 11) is 1.69. The summed E-state index contributed by atoms with van der Waals surface area (Å²) in [5.41, 5.74) is -0.222. The van der Waals surface area contributed by atoms with Crippen molar-refractivity contribution in [3.8, 4) is 0 Å². The predicted octanol–water partition coefficient (Wildman–Crippen LogP) is 0.927. The number of ether oxygens (including phenoxy) is 1. The number of aromatic nitrogens is 1. The Kier molecular flexibility index (Phi) is 3.50. The molecule has 6 heteroatoms. The lowest BCUT2D eigenvalue weighted by molar-refractivity contribution is 0.0134. The van der Waals surface area contributed by atoms with E-state index in [1.807, 2.05) is 11.8 Å². The van der Waals surface area contributed by atoms with Gasteiger partial charge in [0.25, 0.3) is 5.91 Å². The molecule has 0 radical (unpaired) electrons. The maximum Gasteiger partial charge on any atom is 0.289 e. The van der Waals surface area contributed by atoms with E-state index in [9.17, 15) is 4.79 Å². The van der Waals surface area contributed by atoms with Crippen LogP contribution in [-0.2, 0) is 4.74 Å². The van der Waals surface area contributed by atoms with Crippen molar-refractivity contribution in [2.24, 2.45) is 0 Å². The predicted molar refractivity (Wildman–Crippen MR) is 60.5 cm³/mol. The fraction of sp³-hybridized carbons (Fsp3) is 0.600. The van der Waals surface area contributed by atoms with Crippen LogP contribution in [0, 0.1) is 0 Å². The van der Waals surface area contributed by atoms with Gasteiger partial charge in [0.1, 0.15) is 0 Å². The number of thioether (sulfide) groups is 1. The Bertz CT molecular complexity index is 347. The Morgan fingerprint density at radius 1 is 1.81 bits per heavy atom. The van der Waals surface area contributed by atoms with Gasteiger partial charge in [0.15, 0.2) is 0 Å². The van der Waals surface area contributed by atoms with E-state index >= 15 is 0 Å². The van der Waals surface area contributed by atoms with E-state index in [0.29, 0.717) is 6.54 Å². The molecule has 0 aromatic carbocycles. The lowest BCUT2D eigenvalue weighted by Gasteiger charge is -2.26. The van der Waals surface area contributed by atoms with Crippen LogP contribution in [0.3, 0.4) is 0 Å². The SMILES string of the molecule is COC1(CNC(=O)c2ccno2)CCSC1. The number of hydrogen-bond acceptors (Lipinski definition) is 5. The highest BCUT2D eigenvalue weighted by Crippen LogP contribution is 2.30. The Labute approximate surface area is 97.9 Å². The maximum atomic E-state index is 11.6. The highest BCUT2D eigenvalue weighted by molar-refractivity contribution is 7.99. The molecule has 1 N–H and O–H groups in total. The zero-order valence-corrected chi connectivity index (χ0v) is 9.88. The minimum atomic E-state index is -0.245. The topological polar surface area (TPSA) is 64.4 Å². The number of nitrogens with zero attached hydrogens (tertiary/aromatic N) is 1. The molecule has 0 saturated carbocycles. The van der Waals surface area contributed by atoms with Crippen LogP contribution in [0.25, 0.3) is 0 Å². The molecule has 1 aliphatic heterocycles. The van der Waals surface area contributed by atoms with Gasteiger partial charge in [-0.05, 0) is 12.2 Å². The standard InChI is InChI=1S/C10H14N2O3S/c1-14-10(3-5-16-7-10)6-11-9(13)8-2-4-12-15-8/h2,4H,3,5-7H2,1H3,(H,11,13). The second kappa shape index (κ2) is 4.88. The number of carbonyl (C=O) groups excluding carboxylic acids is 1. The fourth-order valence-electron chi connectivity index (χ4n) is 1.62. The van der Waals surface area contributed by atoms with Gasteiger partial charge < -0.3 is 14.6 Å². The second-order valence-electron chi connectivity index (χ2n) is 3.75. The van der Waals surface area contributed by atoms with Crippen LogP contribution in [0.2, 0.25) is 0 Å². The maximum absolute atomic E-state index is 11.6. The summed E-state index contributed by atoms with van der Waals surface area (Å²) in [4.78, 5) is 11.6. The molecule has 1 unspecified atom stereocenters. The minimum absolute atomic E-state index is 0.222. The van der Waals surface area contributed by atoms with Crippen molar-refractivity contribution in [2.75, 3.05) is 25.2 Å². The van der Waals surface area contributed by atoms with Gasteiger partial charge in [-0.25, -0.2) is 0 Å². The summed E-state index contributed by atoms with van der Waals surface area (Å²) in [6, 6.07) is 1.54. The molecule has 1 aromatic heterocycles. The first kappa shape index (κ1) is 11.5. The molecule has 1 amide bonds. The number of methoxy groups -OCH3 is 1. The van der Waals surface area contributed by atoms with Gasteiger partial charge in [-0.2, -0.15) is 11.8 Å². The number of nitrogens with one attached hydrogen (secondary N) is 1. The molecule has 88 valence electrons. The lowest BCUT2D eigenvalue weighted by Crippen LogP contribution is -2.44. The van der Waals surface area contributed by atoms with E-state index in [4.69, 9.17) is 9.26 Å². The van der Waals surface area contributed by atoms with Crippen LogP contribution in [0.4, 0.5) is 0 Å². The molecule has 1 aromatic rings. The molecule has 5 nitrogen and oxygen atoms in total. The number of rotatable bonds is 4. The van der Waals surface area contributed by atoms with Gasteiger partial charge in [0.05, 0.1) is 11.8 Å². The monoisotopic (exact) mass is 242 g/mol. The smallest absolute Gasteiger partial charge is 0.289 e. The first-order valence-corrected chi connectivity index (χ1v) is 6.23. The van der Waals surface area contributed by atoms with E-state index in [0.717, 1.165) is 17.9 Å². The average Bonchev–Trinajstić information content (AvgIpc) is 2.98. The first-order chi connectivity index (χ1) is 7.76. The second-order valence-corrected chi connectivity index (χ2v) is 4.85. The Morgan fingerprint density at radius 2 is 2.69 bits per heavy atom. The van der Waals surface area contributed by atoms with Crippen molar-refractivity contribution in [2.45, 2.75) is 12.0 Å². The van der Waals surface area contributed by atoms with E-state index in [1.54, 1.807) is 7.11 Å². The van der Waals surface area contributed by atoms with E-state index < -0.39 is 0 Å². The quantitative estimate of drug-likeness (QED) is 0.850. The minimum Gasteiger partial charge on any atom is -0.376 e. The largest absolute Gasteiger partial charge is 0.376 e. The Balaban J connectivity index is 1.89. The molecule has 2 rings (SSSR count). The van der Waals surface area contributed by atoms with Crippen LogP contribution >= 0.6 is 11.8 Å². The molecule has 1 fully saturated rings. The number of carbonyl (C=O) groups is 1. The summed E-state index contributed by atoms with van der Waals surface area (Å²) in [5.74, 6) is 1.98. The van der Waals surface area contributed by atoms with E-state index in [2.05, 4.69) is 10.5 Å². The molecule has 1 saturated heterocycles. The van der Waals surface area contributed by atoms with Gasteiger partial charge >= 0.3 is 0 Å². The summed E-state index contributed by atoms with van der Waals surface area (Å²) in [6.07, 6.45) is 2.41. The third-order valence-electron chi connectivity index (χ3n) is 2.73. The molecule has 1 atom stereocenters. The zero-order chi connectivity index (χ0) is 11.4. The van der Waals surface area contributed by atoms with Gasteiger partial charge in [-0.3, -0.25) is 4.79 Å². The molecule has 0 aliphatic carbocycles. The van der Waals surface area contributed by atoms with Crippen LogP contribution in [0.15, 0.2) is 16.8 Å². The van der Waals surface area contributed by atoms with Gasteiger partial charge in [-0.15, -0.1) is 0 Å². The van der Waals surface area contributed by atoms with E-state index in [1.165, 1.54) is 12.3 Å². The molecule has 0 spiro atoms. The van der Waals surface area contributed by atoms with Gasteiger partial charge in [0, 0.05) is 25.5 Å². The molecule has 1 aliphatic rings. The Morgan fingerprint density at radius 3 is 3.25 bits per heavy atom. The van der Waals surface area contributed by atoms with Crippen LogP contribution in [-0.4, -0.2) is 41.8 Å². The average molecular weight is 242 g/mol. The lowest BCUT2D eigenvalue weighted by atomic mass is 10.0. The van der Waals surface area contributed by atoms with Gasteiger partial charge in [0.2, 0.25) is 5.76 Å². The van der Waals surface area contributed by atoms with Crippen molar-refractivity contribution in [1.82, 2.24) is 10.5 Å². The zero-order valence-electron chi connectivity index (χ0n) is 9.06. The molecule has 2 heterocycles. The number of hydrogen-bond donors (Lipinski definition) is 1. The summed E-state index contributed by atoms with van der Waals surface area (Å²) in [5, 5.41) is 6.30. The molecular weight excluding hydrogens is 228 g/mol. The van der Waals surface area contributed by atoms with Gasteiger partial charge in [-0.1, -0.05) is 5.16 Å². The van der Waals surface area contributed by atoms with Crippen molar-refractivity contribution >= 4 is 17.7 Å². The highest BCUT2D eigenvalue weighted by Gasteiger charge is 2.34. The Hall–Kier alpha value is -1.01. The van der Waals surface area contributed by atoms with Crippen LogP contribution in [0.5, 0.6) is 0 Å².